The van der Waals surface area contributed by atoms with E-state index in [1.807, 2.05) is 36.4 Å². The second kappa shape index (κ2) is 12.6. The number of hydrogen-bond donors (Lipinski definition) is 1. The SMILES string of the molecule is Cc1cc(OCC(=O)NCc2cccc(OCCN(C)C3CCOCC3)c2)ccc1C(C)C. The van der Waals surface area contributed by atoms with E-state index in [9.17, 15) is 4.79 Å². The van der Waals surface area contributed by atoms with Crippen molar-refractivity contribution in [2.45, 2.75) is 52.1 Å². The molecule has 2 aromatic carbocycles. The maximum absolute atomic E-state index is 12.3. The van der Waals surface area contributed by atoms with Crippen LogP contribution in [0.3, 0.4) is 0 Å². The number of ether oxygens (including phenoxy) is 3. The van der Waals surface area contributed by atoms with Gasteiger partial charge in [0.05, 0.1) is 0 Å². The molecule has 2 aromatic rings. The Hall–Kier alpha value is -2.57. The van der Waals surface area contributed by atoms with Crippen molar-refractivity contribution in [1.29, 1.82) is 0 Å². The van der Waals surface area contributed by atoms with E-state index in [1.165, 1.54) is 11.1 Å². The highest BCUT2D eigenvalue weighted by Crippen LogP contribution is 2.23. The molecule has 3 rings (SSSR count). The molecule has 0 atom stereocenters. The van der Waals surface area contributed by atoms with Crippen molar-refractivity contribution in [2.24, 2.45) is 0 Å². The highest BCUT2D eigenvalue weighted by molar-refractivity contribution is 5.77. The van der Waals surface area contributed by atoms with E-state index < -0.39 is 0 Å². The van der Waals surface area contributed by atoms with Crippen molar-refractivity contribution < 1.29 is 19.0 Å². The van der Waals surface area contributed by atoms with Gasteiger partial charge in [0.15, 0.2) is 6.61 Å². The first kappa shape index (κ1) is 25.1. The van der Waals surface area contributed by atoms with Crippen molar-refractivity contribution in [3.63, 3.8) is 0 Å². The molecule has 1 N–H and O–H groups in total. The molecule has 0 saturated carbocycles. The van der Waals surface area contributed by atoms with E-state index in [0.29, 0.717) is 30.9 Å². The minimum absolute atomic E-state index is 0.00476. The third-order valence-electron chi connectivity index (χ3n) is 6.15. The molecule has 1 aliphatic heterocycles. The van der Waals surface area contributed by atoms with E-state index in [4.69, 9.17) is 14.2 Å². The zero-order chi connectivity index (χ0) is 23.6. The average molecular weight is 455 g/mol. The summed E-state index contributed by atoms with van der Waals surface area (Å²) < 4.78 is 17.1. The lowest BCUT2D eigenvalue weighted by atomic mass is 9.98. The Labute approximate surface area is 198 Å². The number of nitrogens with zero attached hydrogens (tertiary/aromatic N) is 1. The lowest BCUT2D eigenvalue weighted by molar-refractivity contribution is -0.123. The molecule has 0 aliphatic carbocycles. The van der Waals surface area contributed by atoms with Gasteiger partial charge >= 0.3 is 0 Å². The highest BCUT2D eigenvalue weighted by atomic mass is 16.5. The van der Waals surface area contributed by atoms with Crippen LogP contribution in [0.1, 0.15) is 49.3 Å². The molecule has 0 bridgehead atoms. The summed E-state index contributed by atoms with van der Waals surface area (Å²) in [4.78, 5) is 14.6. The summed E-state index contributed by atoms with van der Waals surface area (Å²) in [7, 11) is 2.15. The van der Waals surface area contributed by atoms with Gasteiger partial charge in [0, 0.05) is 32.3 Å². The predicted molar refractivity (Wildman–Crippen MR) is 131 cm³/mol. The normalized spacial score (nSPS) is 14.5. The molecule has 0 radical (unpaired) electrons. The third kappa shape index (κ3) is 8.06. The standard InChI is InChI=1S/C27H38N2O4/c1-20(2)26-9-8-25(16-21(26)3)33-19-27(30)28-18-22-6-5-7-24(17-22)32-15-12-29(4)23-10-13-31-14-11-23/h5-9,16-17,20,23H,10-15,18-19H2,1-4H3,(H,28,30). The number of amides is 1. The second-order valence-corrected chi connectivity index (χ2v) is 9.06. The van der Waals surface area contributed by atoms with Crippen LogP contribution in [0.4, 0.5) is 0 Å². The van der Waals surface area contributed by atoms with Gasteiger partial charge in [-0.05, 0) is 73.7 Å². The van der Waals surface area contributed by atoms with Crippen LogP contribution in [-0.2, 0) is 16.1 Å². The monoisotopic (exact) mass is 454 g/mol. The first-order valence-electron chi connectivity index (χ1n) is 11.9. The predicted octanol–water partition coefficient (Wildman–Crippen LogP) is 4.30. The lowest BCUT2D eigenvalue weighted by Gasteiger charge is -2.31. The van der Waals surface area contributed by atoms with Crippen LogP contribution in [0, 0.1) is 6.92 Å². The molecule has 1 fully saturated rings. The van der Waals surface area contributed by atoms with Crippen LogP contribution in [0.15, 0.2) is 42.5 Å². The molecule has 180 valence electrons. The van der Waals surface area contributed by atoms with Gasteiger partial charge in [0.1, 0.15) is 18.1 Å². The molecule has 6 nitrogen and oxygen atoms in total. The lowest BCUT2D eigenvalue weighted by Crippen LogP contribution is -2.38. The van der Waals surface area contributed by atoms with Gasteiger partial charge < -0.3 is 19.5 Å². The van der Waals surface area contributed by atoms with Gasteiger partial charge in [-0.15, -0.1) is 0 Å². The molecule has 6 heteroatoms. The third-order valence-corrected chi connectivity index (χ3v) is 6.15. The highest BCUT2D eigenvalue weighted by Gasteiger charge is 2.18. The van der Waals surface area contributed by atoms with Crippen LogP contribution in [0.5, 0.6) is 11.5 Å². The number of hydrogen-bond acceptors (Lipinski definition) is 5. The number of nitrogens with one attached hydrogen (secondary N) is 1. The van der Waals surface area contributed by atoms with Gasteiger partial charge in [-0.2, -0.15) is 0 Å². The maximum Gasteiger partial charge on any atom is 0.258 e. The van der Waals surface area contributed by atoms with E-state index >= 15 is 0 Å². The van der Waals surface area contributed by atoms with Crippen LogP contribution < -0.4 is 14.8 Å². The summed E-state index contributed by atoms with van der Waals surface area (Å²) in [6.07, 6.45) is 2.16. The van der Waals surface area contributed by atoms with Crippen molar-refractivity contribution in [1.82, 2.24) is 10.2 Å². The van der Waals surface area contributed by atoms with E-state index in [0.717, 1.165) is 43.9 Å². The summed E-state index contributed by atoms with van der Waals surface area (Å²) in [5, 5.41) is 2.92. The molecule has 1 heterocycles. The number of carbonyl (C=O) groups is 1. The molecule has 1 aliphatic rings. The summed E-state index contributed by atoms with van der Waals surface area (Å²) in [6.45, 7) is 10.0. The van der Waals surface area contributed by atoms with E-state index in [1.54, 1.807) is 0 Å². The van der Waals surface area contributed by atoms with Crippen molar-refractivity contribution >= 4 is 5.91 Å². The molecule has 1 saturated heterocycles. The molecule has 1 amide bonds. The van der Waals surface area contributed by atoms with Gasteiger partial charge in [0.2, 0.25) is 0 Å². The molecular formula is C27H38N2O4. The average Bonchev–Trinajstić information content (AvgIpc) is 2.82. The van der Waals surface area contributed by atoms with E-state index in [-0.39, 0.29) is 12.5 Å². The second-order valence-electron chi connectivity index (χ2n) is 9.06. The molecular weight excluding hydrogens is 416 g/mol. The first-order chi connectivity index (χ1) is 15.9. The smallest absolute Gasteiger partial charge is 0.258 e. The van der Waals surface area contributed by atoms with Crippen molar-refractivity contribution in [3.05, 3.63) is 59.2 Å². The Morgan fingerprint density at radius 3 is 2.61 bits per heavy atom. The Morgan fingerprint density at radius 2 is 1.88 bits per heavy atom. The van der Waals surface area contributed by atoms with Gasteiger partial charge in [0.25, 0.3) is 5.91 Å². The molecule has 0 aromatic heterocycles. The van der Waals surface area contributed by atoms with Crippen LogP contribution in [0.2, 0.25) is 0 Å². The van der Waals surface area contributed by atoms with Crippen LogP contribution in [-0.4, -0.2) is 56.9 Å². The van der Waals surface area contributed by atoms with Gasteiger partial charge in [-0.25, -0.2) is 0 Å². The Balaban J connectivity index is 1.39. The number of aryl methyl sites for hydroxylation is 1. The van der Waals surface area contributed by atoms with E-state index in [2.05, 4.69) is 44.1 Å². The molecule has 0 unspecified atom stereocenters. The number of benzene rings is 2. The van der Waals surface area contributed by atoms with Crippen LogP contribution >= 0.6 is 0 Å². The number of rotatable bonds is 11. The Bertz CT molecular complexity index is 893. The zero-order valence-corrected chi connectivity index (χ0v) is 20.4. The number of likely N-dealkylation sites (N-methyl/N-ethyl adjacent to an activating group) is 1. The summed E-state index contributed by atoms with van der Waals surface area (Å²) in [5.41, 5.74) is 3.47. The quantitative estimate of drug-likeness (QED) is 0.549. The van der Waals surface area contributed by atoms with Crippen molar-refractivity contribution in [2.75, 3.05) is 40.0 Å². The van der Waals surface area contributed by atoms with Gasteiger partial charge in [-0.3, -0.25) is 9.69 Å². The van der Waals surface area contributed by atoms with Gasteiger partial charge in [-0.1, -0.05) is 32.0 Å². The summed E-state index contributed by atoms with van der Waals surface area (Å²) in [5.74, 6) is 1.85. The topological polar surface area (TPSA) is 60.0 Å². The number of carbonyl (C=O) groups excluding carboxylic acids is 1. The fourth-order valence-electron chi connectivity index (χ4n) is 4.15. The zero-order valence-electron chi connectivity index (χ0n) is 20.4. The fraction of sp³-hybridized carbons (Fsp3) is 0.519. The Morgan fingerprint density at radius 1 is 1.12 bits per heavy atom. The first-order valence-corrected chi connectivity index (χ1v) is 11.9. The molecule has 0 spiro atoms. The minimum atomic E-state index is -0.148. The largest absolute Gasteiger partial charge is 0.492 e. The summed E-state index contributed by atoms with van der Waals surface area (Å²) in [6, 6.07) is 14.4. The maximum atomic E-state index is 12.3. The van der Waals surface area contributed by atoms with Crippen molar-refractivity contribution in [3.8, 4) is 11.5 Å². The minimum Gasteiger partial charge on any atom is -0.492 e. The summed E-state index contributed by atoms with van der Waals surface area (Å²) >= 11 is 0. The fourth-order valence-corrected chi connectivity index (χ4v) is 4.15. The molecule has 33 heavy (non-hydrogen) atoms. The Kier molecular flexibility index (Phi) is 9.58. The van der Waals surface area contributed by atoms with Crippen LogP contribution in [0.25, 0.3) is 0 Å².